The van der Waals surface area contributed by atoms with Gasteiger partial charge in [-0.2, -0.15) is 0 Å². The topological polar surface area (TPSA) is 79.5 Å². The molecule has 2 amide bonds. The van der Waals surface area contributed by atoms with Crippen LogP contribution in [0.2, 0.25) is 0 Å². The lowest BCUT2D eigenvalue weighted by atomic mass is 9.73. The van der Waals surface area contributed by atoms with E-state index in [-0.39, 0.29) is 11.3 Å². The zero-order valence-electron chi connectivity index (χ0n) is 16.0. The van der Waals surface area contributed by atoms with Crippen molar-refractivity contribution < 1.29 is 9.59 Å². The molecule has 2 aliphatic heterocycles. The van der Waals surface area contributed by atoms with Crippen LogP contribution >= 0.6 is 0 Å². The van der Waals surface area contributed by atoms with Crippen molar-refractivity contribution in [2.75, 3.05) is 24.5 Å². The normalized spacial score (nSPS) is 22.5. The number of piperidine rings is 2. The molecule has 6 nitrogen and oxygen atoms in total. The molecule has 0 unspecified atom stereocenters. The Bertz CT molecular complexity index is 870. The zero-order chi connectivity index (χ0) is 19.6. The lowest BCUT2D eigenvalue weighted by Gasteiger charge is -2.48. The minimum atomic E-state index is -0.437. The minimum Gasteiger partial charge on any atom is -0.366 e. The van der Waals surface area contributed by atoms with E-state index in [4.69, 9.17) is 5.73 Å². The van der Waals surface area contributed by atoms with E-state index in [9.17, 15) is 9.59 Å². The zero-order valence-corrected chi connectivity index (χ0v) is 16.0. The Morgan fingerprint density at radius 2 is 1.96 bits per heavy atom. The van der Waals surface area contributed by atoms with Crippen molar-refractivity contribution in [3.05, 3.63) is 59.8 Å². The summed E-state index contributed by atoms with van der Waals surface area (Å²) in [6.07, 6.45) is 5.30. The fraction of sp³-hybridized carbons (Fsp3) is 0.409. The molecule has 6 heteroatoms. The number of nitrogens with zero attached hydrogens (tertiary/aromatic N) is 3. The monoisotopic (exact) mass is 378 g/mol. The quantitative estimate of drug-likeness (QED) is 0.887. The van der Waals surface area contributed by atoms with Crippen molar-refractivity contribution >= 4 is 17.6 Å². The highest BCUT2D eigenvalue weighted by atomic mass is 16.2. The molecule has 2 aromatic rings. The van der Waals surface area contributed by atoms with E-state index < -0.39 is 5.91 Å². The third-order valence-corrected chi connectivity index (χ3v) is 5.98. The van der Waals surface area contributed by atoms with Crippen molar-refractivity contribution in [2.45, 2.75) is 32.2 Å². The number of rotatable bonds is 4. The summed E-state index contributed by atoms with van der Waals surface area (Å²) in [7, 11) is 0. The molecule has 1 spiro atoms. The molecule has 2 saturated heterocycles. The first kappa shape index (κ1) is 18.5. The molecule has 3 heterocycles. The summed E-state index contributed by atoms with van der Waals surface area (Å²) >= 11 is 0. The Hall–Kier alpha value is -2.89. The van der Waals surface area contributed by atoms with Crippen LogP contribution in [0, 0.1) is 5.41 Å². The van der Waals surface area contributed by atoms with Crippen LogP contribution in [0.15, 0.2) is 48.7 Å². The minimum absolute atomic E-state index is 0.0748. The number of pyridine rings is 1. The number of likely N-dealkylation sites (tertiary alicyclic amines) is 1. The summed E-state index contributed by atoms with van der Waals surface area (Å²) in [4.78, 5) is 32.8. The number of amides is 2. The molecule has 2 N–H and O–H groups in total. The molecule has 0 aliphatic carbocycles. The van der Waals surface area contributed by atoms with Crippen molar-refractivity contribution in [3.63, 3.8) is 0 Å². The predicted octanol–water partition coefficient (Wildman–Crippen LogP) is 2.59. The smallest absolute Gasteiger partial charge is 0.248 e. The van der Waals surface area contributed by atoms with Crippen LogP contribution in [-0.2, 0) is 11.3 Å². The highest BCUT2D eigenvalue weighted by molar-refractivity contribution is 5.93. The van der Waals surface area contributed by atoms with E-state index in [0.29, 0.717) is 18.5 Å². The van der Waals surface area contributed by atoms with Crippen LogP contribution in [-0.4, -0.2) is 41.3 Å². The van der Waals surface area contributed by atoms with E-state index in [1.165, 1.54) is 0 Å². The summed E-state index contributed by atoms with van der Waals surface area (Å²) in [5.74, 6) is 0.593. The molecule has 1 atom stereocenters. The molecule has 146 valence electrons. The number of benzene rings is 1. The molecular formula is C22H26N4O2. The van der Waals surface area contributed by atoms with Crippen LogP contribution in [0.5, 0.6) is 0 Å². The van der Waals surface area contributed by atoms with Crippen LogP contribution in [0.4, 0.5) is 5.82 Å². The van der Waals surface area contributed by atoms with Gasteiger partial charge in [-0.1, -0.05) is 30.3 Å². The van der Waals surface area contributed by atoms with Gasteiger partial charge in [-0.05, 0) is 37.0 Å². The van der Waals surface area contributed by atoms with Gasteiger partial charge in [-0.3, -0.25) is 9.59 Å². The number of anilines is 1. The van der Waals surface area contributed by atoms with E-state index >= 15 is 0 Å². The van der Waals surface area contributed by atoms with Gasteiger partial charge in [0.05, 0.1) is 0 Å². The average molecular weight is 378 g/mol. The van der Waals surface area contributed by atoms with Crippen molar-refractivity contribution in [1.82, 2.24) is 9.88 Å². The van der Waals surface area contributed by atoms with Gasteiger partial charge in [0.1, 0.15) is 5.82 Å². The van der Waals surface area contributed by atoms with Crippen molar-refractivity contribution in [2.24, 2.45) is 11.1 Å². The number of aromatic nitrogens is 1. The Morgan fingerprint density at radius 3 is 2.75 bits per heavy atom. The van der Waals surface area contributed by atoms with Gasteiger partial charge in [0.15, 0.2) is 0 Å². The molecule has 28 heavy (non-hydrogen) atoms. The molecule has 4 rings (SSSR count). The maximum Gasteiger partial charge on any atom is 0.248 e. The Labute approximate surface area is 165 Å². The number of hydrogen-bond acceptors (Lipinski definition) is 4. The Balaban J connectivity index is 1.51. The first-order chi connectivity index (χ1) is 13.5. The van der Waals surface area contributed by atoms with Crippen molar-refractivity contribution in [1.29, 1.82) is 0 Å². The average Bonchev–Trinajstić information content (AvgIpc) is 2.72. The van der Waals surface area contributed by atoms with Crippen LogP contribution in [0.3, 0.4) is 0 Å². The fourth-order valence-corrected chi connectivity index (χ4v) is 4.53. The predicted molar refractivity (Wildman–Crippen MR) is 108 cm³/mol. The van der Waals surface area contributed by atoms with Crippen LogP contribution in [0.1, 0.15) is 41.6 Å². The SMILES string of the molecule is NC(=O)c1ccnc(N2CCC[C@@]3(CCC(=O)N(Cc4ccccc4)C3)C2)c1. The van der Waals surface area contributed by atoms with E-state index in [0.717, 1.165) is 50.3 Å². The maximum absolute atomic E-state index is 12.5. The van der Waals surface area contributed by atoms with E-state index in [1.807, 2.05) is 23.1 Å². The van der Waals surface area contributed by atoms with Gasteiger partial charge in [0.2, 0.25) is 11.8 Å². The molecule has 0 bridgehead atoms. The molecule has 2 aliphatic rings. The molecule has 1 aromatic carbocycles. The summed E-state index contributed by atoms with van der Waals surface area (Å²) < 4.78 is 0. The van der Waals surface area contributed by atoms with Gasteiger partial charge in [0.25, 0.3) is 0 Å². The molecule has 2 fully saturated rings. The second kappa shape index (κ2) is 7.62. The number of primary amides is 1. The van der Waals surface area contributed by atoms with Gasteiger partial charge in [-0.15, -0.1) is 0 Å². The first-order valence-corrected chi connectivity index (χ1v) is 9.87. The lowest BCUT2D eigenvalue weighted by Crippen LogP contribution is -2.54. The molecule has 0 saturated carbocycles. The summed E-state index contributed by atoms with van der Waals surface area (Å²) in [5.41, 5.74) is 7.14. The number of carbonyl (C=O) groups is 2. The Morgan fingerprint density at radius 1 is 1.14 bits per heavy atom. The van der Waals surface area contributed by atoms with Gasteiger partial charge in [-0.25, -0.2) is 4.98 Å². The third-order valence-electron chi connectivity index (χ3n) is 5.98. The summed E-state index contributed by atoms with van der Waals surface area (Å²) in [6.45, 7) is 3.19. The number of carbonyl (C=O) groups excluding carboxylic acids is 2. The number of hydrogen-bond donors (Lipinski definition) is 1. The highest BCUT2D eigenvalue weighted by Gasteiger charge is 2.42. The Kier molecular flexibility index (Phi) is 5.03. The molecule has 1 aromatic heterocycles. The van der Waals surface area contributed by atoms with E-state index in [2.05, 4.69) is 22.0 Å². The molecule has 0 radical (unpaired) electrons. The standard InChI is InChI=1S/C22H26N4O2/c23-21(28)18-8-11-24-19(13-18)25-12-4-9-22(15-25)10-7-20(27)26(16-22)14-17-5-2-1-3-6-17/h1-3,5-6,8,11,13H,4,7,9-10,12,14-16H2,(H2,23,28)/t22-/m1/s1. The van der Waals surface area contributed by atoms with Gasteiger partial charge >= 0.3 is 0 Å². The first-order valence-electron chi connectivity index (χ1n) is 9.87. The number of nitrogens with two attached hydrogens (primary N) is 1. The van der Waals surface area contributed by atoms with Crippen LogP contribution in [0.25, 0.3) is 0 Å². The second-order valence-corrected chi connectivity index (χ2v) is 8.03. The van der Waals surface area contributed by atoms with Crippen LogP contribution < -0.4 is 10.6 Å². The largest absolute Gasteiger partial charge is 0.366 e. The fourth-order valence-electron chi connectivity index (χ4n) is 4.53. The van der Waals surface area contributed by atoms with E-state index in [1.54, 1.807) is 18.3 Å². The lowest BCUT2D eigenvalue weighted by molar-refractivity contribution is -0.138. The maximum atomic E-state index is 12.5. The second-order valence-electron chi connectivity index (χ2n) is 8.03. The van der Waals surface area contributed by atoms with Crippen molar-refractivity contribution in [3.8, 4) is 0 Å². The highest BCUT2D eigenvalue weighted by Crippen LogP contribution is 2.40. The third kappa shape index (κ3) is 3.86. The van der Waals surface area contributed by atoms with Gasteiger partial charge < -0.3 is 15.5 Å². The summed E-state index contributed by atoms with van der Waals surface area (Å²) in [6, 6.07) is 13.6. The molecular weight excluding hydrogens is 352 g/mol. The van der Waals surface area contributed by atoms with Gasteiger partial charge in [0, 0.05) is 49.8 Å². The summed E-state index contributed by atoms with van der Waals surface area (Å²) in [5, 5.41) is 0.